The van der Waals surface area contributed by atoms with E-state index >= 15 is 0 Å². The molecule has 2 amide bonds. The van der Waals surface area contributed by atoms with E-state index in [1.807, 2.05) is 12.1 Å². The number of carbonyl (C=O) groups is 3. The number of nitrogens with two attached hydrogens (primary N) is 2. The van der Waals surface area contributed by atoms with Crippen LogP contribution in [0.5, 0.6) is 0 Å². The van der Waals surface area contributed by atoms with Crippen molar-refractivity contribution in [3.8, 4) is 0 Å². The fraction of sp³-hybridized carbons (Fsp3) is 0.419. The molecule has 0 aliphatic heterocycles. The highest BCUT2D eigenvalue weighted by molar-refractivity contribution is 5.99. The summed E-state index contributed by atoms with van der Waals surface area (Å²) < 4.78 is 5.19. The van der Waals surface area contributed by atoms with Crippen molar-refractivity contribution in [3.63, 3.8) is 0 Å². The molecule has 0 heterocycles. The monoisotopic (exact) mass is 549 g/mol. The highest BCUT2D eigenvalue weighted by atomic mass is 16.5. The standard InChI is InChI=1S/C31H43N5O4/c1-8-40-27(38)18-25(21-14-22(30(2,3)4)17-23(15-21)31(5,6)7)36-26(37)19-34-28(39)20-12-10-9-11-13-24(16-20)35-29(32)33/h9-17,25H,8,18-19H2,1-7H3,(H,34,39)(H,36,37)(H4,32,33,35)/b10-9?,11-9+,12-10?,13-11?,20-12?,20-16?,24-13+,24-16?/t25-/m0/s1. The lowest BCUT2D eigenvalue weighted by Crippen LogP contribution is -2.40. The maximum atomic E-state index is 13.1. The number of rotatable bonds is 9. The zero-order valence-electron chi connectivity index (χ0n) is 24.6. The summed E-state index contributed by atoms with van der Waals surface area (Å²) in [5.74, 6) is -1.49. The van der Waals surface area contributed by atoms with Crippen molar-refractivity contribution in [2.24, 2.45) is 16.5 Å². The second-order valence-electron chi connectivity index (χ2n) is 11.6. The number of guanidine groups is 1. The molecule has 0 saturated heterocycles. The van der Waals surface area contributed by atoms with Crippen molar-refractivity contribution in [2.75, 3.05) is 13.2 Å². The van der Waals surface area contributed by atoms with Crippen LogP contribution in [-0.4, -0.2) is 36.9 Å². The number of carbonyl (C=O) groups excluding carboxylic acids is 3. The lowest BCUT2D eigenvalue weighted by atomic mass is 9.78. The number of hydrogen-bond donors (Lipinski definition) is 4. The Balaban J connectivity index is 2.30. The molecule has 216 valence electrons. The number of benzene rings is 1. The number of allylic oxidation sites excluding steroid dienone is 5. The summed E-state index contributed by atoms with van der Waals surface area (Å²) >= 11 is 0. The van der Waals surface area contributed by atoms with E-state index < -0.39 is 23.8 Å². The molecule has 0 unspecified atom stereocenters. The van der Waals surface area contributed by atoms with E-state index in [0.29, 0.717) is 5.70 Å². The van der Waals surface area contributed by atoms with E-state index in [1.165, 1.54) is 6.08 Å². The van der Waals surface area contributed by atoms with Gasteiger partial charge in [0.05, 0.1) is 31.3 Å². The molecule has 0 bridgehead atoms. The first-order valence-electron chi connectivity index (χ1n) is 13.4. The minimum atomic E-state index is -0.645. The molecule has 2 rings (SSSR count). The second kappa shape index (κ2) is 13.8. The number of amides is 2. The third-order valence-corrected chi connectivity index (χ3v) is 6.10. The Hall–Kier alpha value is -4.14. The summed E-state index contributed by atoms with van der Waals surface area (Å²) in [5.41, 5.74) is 14.3. The van der Waals surface area contributed by atoms with Crippen molar-refractivity contribution in [1.29, 1.82) is 0 Å². The number of hydrogen-bond acceptors (Lipinski definition) is 5. The molecular formula is C31H43N5O4. The summed E-state index contributed by atoms with van der Waals surface area (Å²) in [7, 11) is 0. The van der Waals surface area contributed by atoms with Gasteiger partial charge < -0.3 is 26.8 Å². The van der Waals surface area contributed by atoms with Gasteiger partial charge in [-0.2, -0.15) is 0 Å². The van der Waals surface area contributed by atoms with Crippen molar-refractivity contribution in [1.82, 2.24) is 10.6 Å². The van der Waals surface area contributed by atoms with Gasteiger partial charge in [0.1, 0.15) is 0 Å². The van der Waals surface area contributed by atoms with Gasteiger partial charge in [0.2, 0.25) is 5.91 Å². The predicted molar refractivity (Wildman–Crippen MR) is 159 cm³/mol. The maximum Gasteiger partial charge on any atom is 0.308 e. The Morgan fingerprint density at radius 2 is 1.57 bits per heavy atom. The van der Waals surface area contributed by atoms with Crippen LogP contribution in [0, 0.1) is 0 Å². The van der Waals surface area contributed by atoms with Crippen LogP contribution in [0.3, 0.4) is 0 Å². The molecule has 9 nitrogen and oxygen atoms in total. The van der Waals surface area contributed by atoms with Crippen LogP contribution >= 0.6 is 0 Å². The van der Waals surface area contributed by atoms with Gasteiger partial charge in [-0.1, -0.05) is 78.0 Å². The SMILES string of the molecule is CCOC(=O)C[C@H](NC(=O)CNC(=O)C1=C/C(N=C(N)N)=C\C=C\C=C1)c1cc(C(C)(C)C)cc(C(C)(C)C)c1. The minimum absolute atomic E-state index is 0.0440. The molecule has 1 atom stereocenters. The average Bonchev–Trinajstić information content (AvgIpc) is 2.82. The largest absolute Gasteiger partial charge is 0.466 e. The molecule has 0 fully saturated rings. The third kappa shape index (κ3) is 10.2. The van der Waals surface area contributed by atoms with E-state index in [9.17, 15) is 14.4 Å². The van der Waals surface area contributed by atoms with E-state index in [0.717, 1.165) is 16.7 Å². The van der Waals surface area contributed by atoms with Crippen molar-refractivity contribution < 1.29 is 19.1 Å². The van der Waals surface area contributed by atoms with E-state index in [2.05, 4.69) is 63.2 Å². The molecule has 0 aromatic heterocycles. The van der Waals surface area contributed by atoms with Gasteiger partial charge in [0, 0.05) is 5.57 Å². The summed E-state index contributed by atoms with van der Waals surface area (Å²) in [6, 6.07) is 5.57. The lowest BCUT2D eigenvalue weighted by molar-refractivity contribution is -0.143. The smallest absolute Gasteiger partial charge is 0.308 e. The number of esters is 1. The number of nitrogens with zero attached hydrogens (tertiary/aromatic N) is 1. The predicted octanol–water partition coefficient (Wildman–Crippen LogP) is 3.72. The first kappa shape index (κ1) is 32.1. The first-order chi connectivity index (χ1) is 18.6. The second-order valence-corrected chi connectivity index (χ2v) is 11.6. The van der Waals surface area contributed by atoms with Gasteiger partial charge in [-0.15, -0.1) is 0 Å². The lowest BCUT2D eigenvalue weighted by Gasteiger charge is -2.28. The maximum absolute atomic E-state index is 13.1. The third-order valence-electron chi connectivity index (χ3n) is 6.10. The zero-order chi connectivity index (χ0) is 30.1. The van der Waals surface area contributed by atoms with Crippen LogP contribution in [0.15, 0.2) is 70.9 Å². The van der Waals surface area contributed by atoms with Gasteiger partial charge >= 0.3 is 5.97 Å². The van der Waals surface area contributed by atoms with Crippen LogP contribution in [0.25, 0.3) is 0 Å². The quantitative estimate of drug-likeness (QED) is 0.210. The Morgan fingerprint density at radius 3 is 2.12 bits per heavy atom. The van der Waals surface area contributed by atoms with Crippen LogP contribution in [0.1, 0.15) is 77.6 Å². The topological polar surface area (TPSA) is 149 Å². The van der Waals surface area contributed by atoms with Gasteiger partial charge in [0.15, 0.2) is 5.96 Å². The van der Waals surface area contributed by atoms with Crippen LogP contribution in [0.4, 0.5) is 0 Å². The molecule has 40 heavy (non-hydrogen) atoms. The molecular weight excluding hydrogens is 506 g/mol. The molecule has 9 heteroatoms. The minimum Gasteiger partial charge on any atom is -0.466 e. The molecule has 1 aliphatic rings. The number of aliphatic imine (C=N–C) groups is 1. The average molecular weight is 550 g/mol. The van der Waals surface area contributed by atoms with Crippen LogP contribution in [-0.2, 0) is 30.0 Å². The molecule has 1 aliphatic carbocycles. The normalized spacial score (nSPS) is 16.3. The van der Waals surface area contributed by atoms with E-state index in [1.54, 1.807) is 37.3 Å². The highest BCUT2D eigenvalue weighted by Gasteiger charge is 2.26. The molecule has 1 aromatic rings. The number of nitrogens with one attached hydrogen (secondary N) is 2. The molecule has 0 radical (unpaired) electrons. The van der Waals surface area contributed by atoms with Gasteiger partial charge in [-0.05, 0) is 52.7 Å². The van der Waals surface area contributed by atoms with Crippen LogP contribution in [0.2, 0.25) is 0 Å². The fourth-order valence-electron chi connectivity index (χ4n) is 3.86. The molecule has 1 aromatic carbocycles. The summed E-state index contributed by atoms with van der Waals surface area (Å²) in [5, 5.41) is 5.56. The van der Waals surface area contributed by atoms with Crippen molar-refractivity contribution in [2.45, 2.75) is 71.8 Å². The molecule has 0 saturated carbocycles. The summed E-state index contributed by atoms with van der Waals surface area (Å²) in [6.45, 7) is 14.4. The zero-order valence-corrected chi connectivity index (χ0v) is 24.6. The highest BCUT2D eigenvalue weighted by Crippen LogP contribution is 2.33. The number of ether oxygens (including phenoxy) is 1. The van der Waals surface area contributed by atoms with Crippen molar-refractivity contribution in [3.05, 3.63) is 82.6 Å². The van der Waals surface area contributed by atoms with Gasteiger partial charge in [0.25, 0.3) is 5.91 Å². The Labute approximate surface area is 237 Å². The van der Waals surface area contributed by atoms with Crippen molar-refractivity contribution >= 4 is 23.7 Å². The van der Waals surface area contributed by atoms with Crippen LogP contribution < -0.4 is 22.1 Å². The fourth-order valence-corrected chi connectivity index (χ4v) is 3.86. The van der Waals surface area contributed by atoms with Gasteiger partial charge in [-0.3, -0.25) is 14.4 Å². The molecule has 6 N–H and O–H groups in total. The molecule has 0 spiro atoms. The first-order valence-corrected chi connectivity index (χ1v) is 13.4. The summed E-state index contributed by atoms with van der Waals surface area (Å²) in [4.78, 5) is 42.5. The van der Waals surface area contributed by atoms with Gasteiger partial charge in [-0.25, -0.2) is 4.99 Å². The summed E-state index contributed by atoms with van der Waals surface area (Å²) in [6.07, 6.45) is 9.88. The Morgan fingerprint density at radius 1 is 0.950 bits per heavy atom. The van der Waals surface area contributed by atoms with E-state index in [-0.39, 0.29) is 41.9 Å². The Bertz CT molecular complexity index is 1220. The van der Waals surface area contributed by atoms with E-state index in [4.69, 9.17) is 16.2 Å². The Kier molecular flexibility index (Phi) is 11.0.